The van der Waals surface area contributed by atoms with E-state index in [1.807, 2.05) is 32.0 Å². The van der Waals surface area contributed by atoms with Crippen LogP contribution in [0.15, 0.2) is 41.3 Å². The minimum atomic E-state index is -0.923. The zero-order valence-corrected chi connectivity index (χ0v) is 57.3. The normalized spacial score (nSPS) is 15.9. The fourth-order valence-corrected chi connectivity index (χ4v) is 12.1. The first-order valence-electron chi connectivity index (χ1n) is 33.2. The van der Waals surface area contributed by atoms with Gasteiger partial charge in [0.05, 0.1) is 52.8 Å². The minimum Gasteiger partial charge on any atom is -0.469 e. The number of hydrogen-bond donors (Lipinski definition) is 4. The SMILES string of the molecule is COC(=O)CCCCCCCCCCCCCCCCC(=O)N[C@@H](CCC(=O)NCCOCCOCC(=O)CCCOCCOCC(=O)NC[C@@]12C[C@@H](C(=O)Nc3nc(Br)ccc3C)N(C(=O)Cn3nc(C(C)=O)c4cc(-c5cnc(C)nc5)cc(C)c43)[C@@H]1C2)C(=O)OC. The predicted molar refractivity (Wildman–Crippen MR) is 354 cm³/mol. The van der Waals surface area contributed by atoms with E-state index in [4.69, 9.17) is 23.7 Å². The second-order valence-electron chi connectivity index (χ2n) is 24.5. The van der Waals surface area contributed by atoms with E-state index < -0.39 is 29.4 Å². The van der Waals surface area contributed by atoms with E-state index in [0.717, 1.165) is 60.8 Å². The minimum absolute atomic E-state index is 0.00602. The second kappa shape index (κ2) is 40.3. The standard InChI is InChI=1S/C68H97BrN10O15/c1-46-25-27-57(69)75-65(46)76-66(87)55-38-68(39-56(68)79(55)61(85)42-78-64-47(2)36-50(51-40-71-49(4)72-41-51)37-53(64)63(77-78)48(3)80)45-73-60(84)44-94-35-32-91-30-21-22-52(81)43-93-34-33-92-31-29-70-58(82)28-26-54(67(88)90-6)74-59(83)23-19-17-15-13-11-9-7-8-10-12-14-16-18-20-24-62(86)89-5/h25,27,36-37,40-41,54-56H,7-24,26,28-35,38-39,42-45H2,1-6H3,(H,70,82)(H,73,84)(H,74,83)(H,75,76,87)/t54-,55-,56+,68-/m0/s1. The molecule has 1 aliphatic heterocycles. The number of esters is 2. The molecule has 1 aromatic carbocycles. The summed E-state index contributed by atoms with van der Waals surface area (Å²) in [6, 6.07) is 5.20. The number of carbonyl (C=O) groups excluding carboxylic acids is 9. The highest BCUT2D eigenvalue weighted by Crippen LogP contribution is 2.59. The molecule has 4 N–H and O–H groups in total. The summed E-state index contributed by atoms with van der Waals surface area (Å²) < 4.78 is 33.8. The van der Waals surface area contributed by atoms with Crippen molar-refractivity contribution in [1.29, 1.82) is 0 Å². The van der Waals surface area contributed by atoms with Crippen molar-refractivity contribution in [1.82, 2.24) is 45.6 Å². The smallest absolute Gasteiger partial charge is 0.328 e. The van der Waals surface area contributed by atoms with Crippen molar-refractivity contribution in [3.05, 3.63) is 63.9 Å². The molecule has 3 aromatic heterocycles. The average Bonchev–Trinajstić information content (AvgIpc) is 1.54. The van der Waals surface area contributed by atoms with Crippen LogP contribution in [-0.4, -0.2) is 181 Å². The number of rotatable bonds is 47. The summed E-state index contributed by atoms with van der Waals surface area (Å²) in [6.45, 7) is 8.01. The first kappa shape index (κ1) is 75.9. The van der Waals surface area contributed by atoms with E-state index in [1.54, 1.807) is 30.3 Å². The number of carbonyl (C=O) groups is 9. The molecule has 0 bridgehead atoms. The molecule has 25 nitrogen and oxygen atoms in total. The van der Waals surface area contributed by atoms with Crippen molar-refractivity contribution in [2.24, 2.45) is 5.41 Å². The van der Waals surface area contributed by atoms with Crippen LogP contribution in [0.4, 0.5) is 5.82 Å². The number of piperidine rings is 1. The van der Waals surface area contributed by atoms with Crippen LogP contribution in [0, 0.1) is 26.2 Å². The van der Waals surface area contributed by atoms with Gasteiger partial charge in [-0.25, -0.2) is 19.7 Å². The quantitative estimate of drug-likeness (QED) is 0.0140. The number of amides is 5. The monoisotopic (exact) mass is 1370 g/mol. The molecule has 0 radical (unpaired) electrons. The number of benzene rings is 1. The number of hydrogen-bond acceptors (Lipinski definition) is 19. The van der Waals surface area contributed by atoms with Gasteiger partial charge in [0.25, 0.3) is 0 Å². The number of anilines is 1. The number of likely N-dealkylation sites (tertiary alicyclic amines) is 1. The zero-order chi connectivity index (χ0) is 67.8. The van der Waals surface area contributed by atoms with Crippen LogP contribution in [0.2, 0.25) is 0 Å². The van der Waals surface area contributed by atoms with Gasteiger partial charge in [-0.15, -0.1) is 0 Å². The van der Waals surface area contributed by atoms with Crippen LogP contribution in [0.1, 0.15) is 176 Å². The van der Waals surface area contributed by atoms with Gasteiger partial charge in [0.1, 0.15) is 53.8 Å². The first-order valence-corrected chi connectivity index (χ1v) is 34.0. The summed E-state index contributed by atoms with van der Waals surface area (Å²) in [6.07, 6.45) is 21.5. The molecule has 2 aliphatic rings. The maximum Gasteiger partial charge on any atom is 0.328 e. The Bertz CT molecular complexity index is 3160. The third kappa shape index (κ3) is 25.2. The Kier molecular flexibility index (Phi) is 32.5. The van der Waals surface area contributed by atoms with Crippen molar-refractivity contribution in [3.63, 3.8) is 0 Å². The summed E-state index contributed by atoms with van der Waals surface area (Å²) in [5, 5.41) is 16.6. The number of ether oxygens (including phenoxy) is 6. The van der Waals surface area contributed by atoms with Crippen LogP contribution >= 0.6 is 15.9 Å². The third-order valence-electron chi connectivity index (χ3n) is 17.0. The Morgan fingerprint density at radius 2 is 1.28 bits per heavy atom. The molecule has 4 atom stereocenters. The van der Waals surface area contributed by atoms with Gasteiger partial charge in [-0.3, -0.25) is 43.0 Å². The van der Waals surface area contributed by atoms with E-state index in [-0.39, 0.29) is 144 Å². The summed E-state index contributed by atoms with van der Waals surface area (Å²) in [5.74, 6) is -1.83. The number of nitrogens with one attached hydrogen (secondary N) is 4. The van der Waals surface area contributed by atoms with Crippen LogP contribution in [0.3, 0.4) is 0 Å². The van der Waals surface area contributed by atoms with Crippen molar-refractivity contribution in [2.45, 2.75) is 194 Å². The summed E-state index contributed by atoms with van der Waals surface area (Å²) in [7, 11) is 2.67. The van der Waals surface area contributed by atoms with E-state index in [9.17, 15) is 43.2 Å². The Morgan fingerprint density at radius 1 is 0.649 bits per heavy atom. The zero-order valence-electron chi connectivity index (χ0n) is 55.7. The number of unbranched alkanes of at least 4 members (excludes halogenated alkanes) is 13. The largest absolute Gasteiger partial charge is 0.469 e. The highest BCUT2D eigenvalue weighted by molar-refractivity contribution is 9.10. The topological polar surface area (TPSA) is 317 Å². The number of pyridine rings is 1. The van der Waals surface area contributed by atoms with Crippen molar-refractivity contribution in [2.75, 3.05) is 85.5 Å². The Hall–Kier alpha value is -7.13. The van der Waals surface area contributed by atoms with E-state index in [2.05, 4.69) is 62.0 Å². The van der Waals surface area contributed by atoms with Gasteiger partial charge < -0.3 is 54.6 Å². The van der Waals surface area contributed by atoms with Gasteiger partial charge >= 0.3 is 11.9 Å². The molecule has 516 valence electrons. The molecule has 26 heteroatoms. The maximum absolute atomic E-state index is 14.6. The lowest BCUT2D eigenvalue weighted by molar-refractivity contribution is -0.145. The van der Waals surface area contributed by atoms with Crippen LogP contribution in [0.5, 0.6) is 0 Å². The maximum atomic E-state index is 14.6. The molecular weight excluding hydrogens is 1280 g/mol. The molecule has 1 saturated carbocycles. The molecule has 1 aliphatic carbocycles. The molecule has 0 unspecified atom stereocenters. The molecule has 6 rings (SSSR count). The van der Waals surface area contributed by atoms with Gasteiger partial charge in [-0.05, 0) is 110 Å². The van der Waals surface area contributed by atoms with Gasteiger partial charge in [0, 0.05) is 87.1 Å². The number of aromatic nitrogens is 5. The molecule has 0 spiro atoms. The van der Waals surface area contributed by atoms with E-state index in [0.29, 0.717) is 59.4 Å². The molecule has 5 amide bonds. The lowest BCUT2D eigenvalue weighted by atomic mass is 9.99. The average molecular weight is 1370 g/mol. The fourth-order valence-electron chi connectivity index (χ4n) is 11.7. The van der Waals surface area contributed by atoms with E-state index in [1.165, 1.54) is 77.2 Å². The lowest BCUT2D eigenvalue weighted by Crippen LogP contribution is -2.47. The number of halogens is 1. The number of aryl methyl sites for hydroxylation is 3. The summed E-state index contributed by atoms with van der Waals surface area (Å²) in [4.78, 5) is 131. The molecule has 4 heterocycles. The van der Waals surface area contributed by atoms with Crippen molar-refractivity contribution in [3.8, 4) is 11.1 Å². The molecule has 4 aromatic rings. The Balaban J connectivity index is 0.781. The van der Waals surface area contributed by atoms with Crippen LogP contribution in [0.25, 0.3) is 22.0 Å². The van der Waals surface area contributed by atoms with E-state index >= 15 is 0 Å². The third-order valence-corrected chi connectivity index (χ3v) is 17.5. The fraction of sp³-hybridized carbons (Fsp3) is 0.632. The predicted octanol–water partition coefficient (Wildman–Crippen LogP) is 8.28. The molecule has 94 heavy (non-hydrogen) atoms. The Labute approximate surface area is 559 Å². The summed E-state index contributed by atoms with van der Waals surface area (Å²) in [5.41, 5.74) is 3.32. The number of ketones is 2. The Morgan fingerprint density at radius 3 is 1.93 bits per heavy atom. The highest BCUT2D eigenvalue weighted by atomic mass is 79.9. The first-order chi connectivity index (χ1) is 45.3. The number of Topliss-reactive ketones (excluding diaryl/α,β-unsaturated/α-hetero) is 2. The van der Waals surface area contributed by atoms with Gasteiger partial charge in [-0.2, -0.15) is 5.10 Å². The van der Waals surface area contributed by atoms with Gasteiger partial charge in [0.2, 0.25) is 29.5 Å². The molecule has 1 saturated heterocycles. The molecular formula is C68H97BrN10O15. The number of nitrogens with zero attached hydrogens (tertiary/aromatic N) is 6. The van der Waals surface area contributed by atoms with Crippen molar-refractivity contribution < 1.29 is 71.6 Å². The second-order valence-corrected chi connectivity index (χ2v) is 25.3. The van der Waals surface area contributed by atoms with Crippen LogP contribution in [-0.2, 0) is 73.3 Å². The molecule has 2 fully saturated rings. The van der Waals surface area contributed by atoms with Crippen molar-refractivity contribution >= 4 is 85.7 Å². The van der Waals surface area contributed by atoms with Crippen LogP contribution < -0.4 is 21.3 Å². The number of methoxy groups -OCH3 is 2. The van der Waals surface area contributed by atoms with Gasteiger partial charge in [0.15, 0.2) is 11.6 Å². The van der Waals surface area contributed by atoms with Gasteiger partial charge in [-0.1, -0.05) is 83.1 Å². The highest BCUT2D eigenvalue weighted by Gasteiger charge is 2.67. The number of fused-ring (bicyclic) bond motifs is 2. The lowest BCUT2D eigenvalue weighted by Gasteiger charge is -2.27. The summed E-state index contributed by atoms with van der Waals surface area (Å²) >= 11 is 3.38.